The highest BCUT2D eigenvalue weighted by Crippen LogP contribution is 2.23. The van der Waals surface area contributed by atoms with Crippen molar-refractivity contribution < 1.29 is 0 Å². The lowest BCUT2D eigenvalue weighted by Gasteiger charge is -2.11. The van der Waals surface area contributed by atoms with Crippen LogP contribution in [0.3, 0.4) is 0 Å². The predicted molar refractivity (Wildman–Crippen MR) is 136 cm³/mol. The van der Waals surface area contributed by atoms with Gasteiger partial charge in [-0.15, -0.1) is 0 Å². The number of benzene rings is 1. The maximum absolute atomic E-state index is 6.02. The summed E-state index contributed by atoms with van der Waals surface area (Å²) in [6.07, 6.45) is 5.49. The fraction of sp³-hybridized carbons (Fsp3) is 0.200. The summed E-state index contributed by atoms with van der Waals surface area (Å²) in [5, 5.41) is 8.34. The number of fused-ring (bicyclic) bond motifs is 1. The molecule has 6 nitrogen and oxygen atoms in total. The van der Waals surface area contributed by atoms with Gasteiger partial charge in [0.15, 0.2) is 0 Å². The Kier molecular flexibility index (Phi) is 10.5. The van der Waals surface area contributed by atoms with Crippen LogP contribution in [0, 0.1) is 0 Å². The van der Waals surface area contributed by atoms with Gasteiger partial charge in [0.1, 0.15) is 5.82 Å². The fourth-order valence-electron chi connectivity index (χ4n) is 2.66. The van der Waals surface area contributed by atoms with Crippen LogP contribution in [0.15, 0.2) is 68.0 Å². The second-order valence-corrected chi connectivity index (χ2v) is 6.14. The molecule has 0 saturated heterocycles. The molecule has 0 unspecified atom stereocenters. The number of pyridine rings is 2. The molecule has 2 aromatic heterocycles. The Morgan fingerprint density at radius 2 is 1.58 bits per heavy atom. The number of nitrogens with zero attached hydrogens (tertiary/aromatic N) is 2. The molecule has 31 heavy (non-hydrogen) atoms. The van der Waals surface area contributed by atoms with Crippen LogP contribution in [-0.2, 0) is 0 Å². The van der Waals surface area contributed by atoms with Gasteiger partial charge in [0.05, 0.1) is 11.4 Å². The lowest BCUT2D eigenvalue weighted by molar-refractivity contribution is 1.10. The summed E-state index contributed by atoms with van der Waals surface area (Å²) in [6, 6.07) is 11.9. The van der Waals surface area contributed by atoms with Crippen molar-refractivity contribution in [1.29, 1.82) is 0 Å². The van der Waals surface area contributed by atoms with Crippen LogP contribution in [0.5, 0.6) is 0 Å². The molecule has 0 amide bonds. The van der Waals surface area contributed by atoms with Gasteiger partial charge in [-0.3, -0.25) is 4.98 Å². The number of hydrogen-bond donors (Lipinski definition) is 4. The first-order chi connectivity index (χ1) is 15.0. The summed E-state index contributed by atoms with van der Waals surface area (Å²) >= 11 is 0. The first-order valence-electron chi connectivity index (χ1n) is 10.2. The molecular weight excluding hydrogens is 384 g/mol. The van der Waals surface area contributed by atoms with Crippen LogP contribution >= 0.6 is 0 Å². The summed E-state index contributed by atoms with van der Waals surface area (Å²) in [7, 11) is 3.32. The van der Waals surface area contributed by atoms with Gasteiger partial charge in [-0.25, -0.2) is 4.98 Å². The lowest BCUT2D eigenvalue weighted by Crippen LogP contribution is -2.05. The topological polar surface area (TPSA) is 102 Å². The van der Waals surface area contributed by atoms with E-state index in [0.29, 0.717) is 5.82 Å². The SMILES string of the molecule is C=C(Nc1cc2cc(/C(N)=C/C)ccc2cn1)c1ccc(C(=C)NC)nc1.CC.CN. The molecule has 0 aliphatic heterocycles. The molecule has 0 radical (unpaired) electrons. The van der Waals surface area contributed by atoms with Crippen LogP contribution in [0.4, 0.5) is 5.82 Å². The van der Waals surface area contributed by atoms with E-state index >= 15 is 0 Å². The molecule has 0 bridgehead atoms. The number of nitrogens with two attached hydrogens (primary N) is 2. The van der Waals surface area contributed by atoms with E-state index in [-0.39, 0.29) is 0 Å². The van der Waals surface area contributed by atoms with Crippen molar-refractivity contribution in [2.75, 3.05) is 19.4 Å². The summed E-state index contributed by atoms with van der Waals surface area (Å²) in [6.45, 7) is 13.9. The second-order valence-electron chi connectivity index (χ2n) is 6.14. The van der Waals surface area contributed by atoms with Gasteiger partial charge < -0.3 is 22.1 Å². The third-order valence-corrected chi connectivity index (χ3v) is 4.37. The molecule has 2 heterocycles. The molecule has 0 spiro atoms. The number of rotatable bonds is 6. The standard InChI is InChI=1S/C22H23N5.C2H6.CH5N/c1-5-20(23)16-6-7-18-13-26-22(11-19(18)10-16)27-14(2)17-8-9-21(25-12-17)15(3)24-4;2*1-2/h5-13,24H,2-3,23H2,1,4H3,(H,26,27);1-2H3;2H2,1H3/b20-5-;;. The van der Waals surface area contributed by atoms with Crippen LogP contribution < -0.4 is 22.1 Å². The highest BCUT2D eigenvalue weighted by atomic mass is 15.0. The molecule has 3 aromatic rings. The summed E-state index contributed by atoms with van der Waals surface area (Å²) in [5.41, 5.74) is 15.4. The van der Waals surface area contributed by atoms with Gasteiger partial charge in [-0.1, -0.05) is 45.2 Å². The van der Waals surface area contributed by atoms with Crippen molar-refractivity contribution in [2.45, 2.75) is 20.8 Å². The number of allylic oxidation sites excluding steroid dienone is 1. The molecule has 1 aromatic carbocycles. The Hall–Kier alpha value is -3.64. The van der Waals surface area contributed by atoms with Gasteiger partial charge in [0.25, 0.3) is 0 Å². The Labute approximate surface area is 185 Å². The van der Waals surface area contributed by atoms with E-state index in [4.69, 9.17) is 5.73 Å². The average molecular weight is 419 g/mol. The van der Waals surface area contributed by atoms with E-state index in [2.05, 4.69) is 45.6 Å². The smallest absolute Gasteiger partial charge is 0.130 e. The largest absolute Gasteiger partial charge is 0.399 e. The molecule has 0 aliphatic rings. The maximum Gasteiger partial charge on any atom is 0.130 e. The van der Waals surface area contributed by atoms with Crippen molar-refractivity contribution in [3.8, 4) is 0 Å². The summed E-state index contributed by atoms with van der Waals surface area (Å²) in [4.78, 5) is 8.86. The van der Waals surface area contributed by atoms with Crippen molar-refractivity contribution in [3.63, 3.8) is 0 Å². The van der Waals surface area contributed by atoms with Crippen LogP contribution in [0.25, 0.3) is 27.9 Å². The van der Waals surface area contributed by atoms with E-state index in [0.717, 1.165) is 44.7 Å². The van der Waals surface area contributed by atoms with Crippen molar-refractivity contribution in [3.05, 3.63) is 84.8 Å². The normalized spacial score (nSPS) is 10.2. The minimum absolute atomic E-state index is 0.715. The molecule has 3 rings (SSSR count). The average Bonchev–Trinajstić information content (AvgIpc) is 2.85. The molecule has 6 heteroatoms. The molecular formula is C25H34N6. The van der Waals surface area contributed by atoms with Gasteiger partial charge in [0, 0.05) is 41.8 Å². The highest BCUT2D eigenvalue weighted by Gasteiger charge is 2.05. The summed E-state index contributed by atoms with van der Waals surface area (Å²) < 4.78 is 0. The van der Waals surface area contributed by atoms with Crippen LogP contribution in [-0.4, -0.2) is 24.1 Å². The monoisotopic (exact) mass is 418 g/mol. The van der Waals surface area contributed by atoms with Crippen LogP contribution in [0.2, 0.25) is 0 Å². The van der Waals surface area contributed by atoms with E-state index < -0.39 is 0 Å². The lowest BCUT2D eigenvalue weighted by atomic mass is 10.1. The zero-order chi connectivity index (χ0) is 23.4. The molecule has 0 saturated carbocycles. The highest BCUT2D eigenvalue weighted by molar-refractivity contribution is 5.88. The van der Waals surface area contributed by atoms with E-state index in [9.17, 15) is 0 Å². The Morgan fingerprint density at radius 3 is 2.16 bits per heavy atom. The number of hydrogen-bond acceptors (Lipinski definition) is 6. The molecule has 0 fully saturated rings. The maximum atomic E-state index is 6.02. The Morgan fingerprint density at radius 1 is 0.903 bits per heavy atom. The van der Waals surface area contributed by atoms with Crippen LogP contribution in [0.1, 0.15) is 37.6 Å². The first kappa shape index (κ1) is 25.4. The second kappa shape index (κ2) is 12.8. The van der Waals surface area contributed by atoms with E-state index in [1.165, 1.54) is 7.05 Å². The van der Waals surface area contributed by atoms with Gasteiger partial charge >= 0.3 is 0 Å². The Bertz CT molecular complexity index is 1040. The number of aromatic nitrogens is 2. The van der Waals surface area contributed by atoms with Crippen molar-refractivity contribution in [2.24, 2.45) is 11.5 Å². The van der Waals surface area contributed by atoms with E-state index in [1.807, 2.05) is 70.4 Å². The van der Waals surface area contributed by atoms with Crippen molar-refractivity contribution in [1.82, 2.24) is 15.3 Å². The van der Waals surface area contributed by atoms with E-state index in [1.54, 1.807) is 6.20 Å². The van der Waals surface area contributed by atoms with Crippen molar-refractivity contribution >= 4 is 33.7 Å². The summed E-state index contributed by atoms with van der Waals surface area (Å²) in [5.74, 6) is 0.715. The number of anilines is 1. The molecule has 0 aliphatic carbocycles. The van der Waals surface area contributed by atoms with Gasteiger partial charge in [-0.2, -0.15) is 0 Å². The Balaban J connectivity index is 0.00000113. The predicted octanol–water partition coefficient (Wildman–Crippen LogP) is 4.82. The zero-order valence-electron chi connectivity index (χ0n) is 19.2. The quantitative estimate of drug-likeness (QED) is 0.458. The van der Waals surface area contributed by atoms with Gasteiger partial charge in [-0.05, 0) is 49.2 Å². The molecule has 164 valence electrons. The minimum atomic E-state index is 0.715. The fourth-order valence-corrected chi connectivity index (χ4v) is 2.66. The zero-order valence-corrected chi connectivity index (χ0v) is 19.2. The molecule has 6 N–H and O–H groups in total. The minimum Gasteiger partial charge on any atom is -0.399 e. The third kappa shape index (κ3) is 6.69. The first-order valence-corrected chi connectivity index (χ1v) is 10.2. The third-order valence-electron chi connectivity index (χ3n) is 4.37. The molecule has 0 atom stereocenters. The van der Waals surface area contributed by atoms with Gasteiger partial charge in [0.2, 0.25) is 0 Å². The number of nitrogens with one attached hydrogen (secondary N) is 2.